The van der Waals surface area contributed by atoms with Crippen LogP contribution in [0.5, 0.6) is 0 Å². The number of carbonyl (C=O) groups excluding carboxylic acids is 1. The smallest absolute Gasteiger partial charge is 0.255 e. The molecule has 9 heteroatoms. The number of hydrogen-bond donors (Lipinski definition) is 3. The molecule has 144 valence electrons. The molecule has 27 heavy (non-hydrogen) atoms. The van der Waals surface area contributed by atoms with E-state index >= 15 is 0 Å². The van der Waals surface area contributed by atoms with Crippen molar-refractivity contribution in [2.75, 3.05) is 5.32 Å². The third-order valence-corrected chi connectivity index (χ3v) is 4.50. The molecule has 0 aliphatic rings. The van der Waals surface area contributed by atoms with Gasteiger partial charge in [-0.1, -0.05) is 64.6 Å². The molecule has 3 N–H and O–H groups in total. The quantitative estimate of drug-likeness (QED) is 0.355. The zero-order valence-corrected chi connectivity index (χ0v) is 17.5. The van der Waals surface area contributed by atoms with Crippen LogP contribution in [0.1, 0.15) is 21.5 Å². The zero-order valence-electron chi connectivity index (χ0n) is 14.4. The Kier molecular flexibility index (Phi) is 7.28. The fourth-order valence-electron chi connectivity index (χ4n) is 2.30. The highest BCUT2D eigenvalue weighted by molar-refractivity contribution is 7.80. The van der Waals surface area contributed by atoms with Gasteiger partial charge in [0.25, 0.3) is 5.91 Å². The van der Waals surface area contributed by atoms with Crippen LogP contribution in [0.4, 0.5) is 10.1 Å². The summed E-state index contributed by atoms with van der Waals surface area (Å²) in [7, 11) is 0. The first-order valence-corrected chi connectivity index (χ1v) is 9.39. The second-order valence-electron chi connectivity index (χ2n) is 5.84. The second kappa shape index (κ2) is 9.06. The molecule has 4 nitrogen and oxygen atoms in total. The number of halogens is 4. The number of anilines is 1. The first kappa shape index (κ1) is 21.7. The summed E-state index contributed by atoms with van der Waals surface area (Å²) in [5.41, 5.74) is 2.67. The van der Waals surface area contributed by atoms with Crippen molar-refractivity contribution in [3.05, 3.63) is 65.0 Å². The van der Waals surface area contributed by atoms with Gasteiger partial charge in [-0.15, -0.1) is 0 Å². The molecular weight excluding hydrogens is 432 g/mol. The van der Waals surface area contributed by atoms with E-state index in [9.17, 15) is 9.18 Å². The van der Waals surface area contributed by atoms with E-state index in [4.69, 9.17) is 47.0 Å². The number of carbonyl (C=O) groups is 1. The molecule has 0 aliphatic heterocycles. The molecule has 0 aliphatic carbocycles. The van der Waals surface area contributed by atoms with Crippen molar-refractivity contribution in [3.63, 3.8) is 0 Å². The van der Waals surface area contributed by atoms with Gasteiger partial charge in [0.05, 0.1) is 5.56 Å². The van der Waals surface area contributed by atoms with Gasteiger partial charge >= 0.3 is 0 Å². The number of alkyl halides is 3. The number of benzene rings is 2. The molecule has 0 saturated heterocycles. The summed E-state index contributed by atoms with van der Waals surface area (Å²) in [4.78, 5) is 12.3. The lowest BCUT2D eigenvalue weighted by Crippen LogP contribution is -2.56. The number of thiocarbonyl (C=S) groups is 1. The van der Waals surface area contributed by atoms with Gasteiger partial charge in [0, 0.05) is 5.69 Å². The summed E-state index contributed by atoms with van der Waals surface area (Å²) in [6, 6.07) is 11.3. The fraction of sp³-hybridized carbons (Fsp3) is 0.222. The predicted octanol–water partition coefficient (Wildman–Crippen LogP) is 4.86. The molecule has 0 saturated carbocycles. The van der Waals surface area contributed by atoms with Crippen LogP contribution in [0.3, 0.4) is 0 Å². The minimum absolute atomic E-state index is 0.132. The molecular formula is C18H17Cl3FN3OS. The molecule has 1 amide bonds. The standard InChI is InChI=1S/C18H17Cl3FN3OS/c1-10-7-8-14(11(2)9-10)23-17(27)25-16(18(19,20)21)24-15(26)12-5-3-4-6-13(12)22/h3-9,16H,1-2H3,(H,24,26)(H2,23,25,27)/t16-/m0/s1. The minimum atomic E-state index is -1.94. The van der Waals surface area contributed by atoms with Crippen molar-refractivity contribution in [2.45, 2.75) is 23.8 Å². The fourth-order valence-corrected chi connectivity index (χ4v) is 2.85. The normalized spacial score (nSPS) is 12.2. The molecule has 2 aromatic carbocycles. The maximum Gasteiger partial charge on any atom is 0.255 e. The van der Waals surface area contributed by atoms with Gasteiger partial charge in [0.1, 0.15) is 12.0 Å². The van der Waals surface area contributed by atoms with Crippen LogP contribution in [0.2, 0.25) is 0 Å². The van der Waals surface area contributed by atoms with Gasteiger partial charge in [-0.2, -0.15) is 0 Å². The predicted molar refractivity (Wildman–Crippen MR) is 113 cm³/mol. The Morgan fingerprint density at radius 1 is 1.11 bits per heavy atom. The number of nitrogens with one attached hydrogen (secondary N) is 3. The van der Waals surface area contributed by atoms with Crippen molar-refractivity contribution in [2.24, 2.45) is 0 Å². The average molecular weight is 449 g/mol. The first-order chi connectivity index (χ1) is 12.6. The SMILES string of the molecule is Cc1ccc(NC(=S)N[C@H](NC(=O)c2ccccc2F)C(Cl)(Cl)Cl)c(C)c1. The molecule has 0 spiro atoms. The van der Waals surface area contributed by atoms with Crippen LogP contribution in [-0.4, -0.2) is 21.0 Å². The summed E-state index contributed by atoms with van der Waals surface area (Å²) in [5.74, 6) is -1.43. The highest BCUT2D eigenvalue weighted by atomic mass is 35.6. The number of hydrogen-bond acceptors (Lipinski definition) is 2. The van der Waals surface area contributed by atoms with Crippen molar-refractivity contribution in [1.82, 2.24) is 10.6 Å². The van der Waals surface area contributed by atoms with E-state index in [2.05, 4.69) is 16.0 Å². The monoisotopic (exact) mass is 447 g/mol. The van der Waals surface area contributed by atoms with Crippen molar-refractivity contribution < 1.29 is 9.18 Å². The van der Waals surface area contributed by atoms with Crippen molar-refractivity contribution >= 4 is 63.7 Å². The van der Waals surface area contributed by atoms with E-state index in [1.54, 1.807) is 0 Å². The Hall–Kier alpha value is -1.60. The molecule has 0 radical (unpaired) electrons. The van der Waals surface area contributed by atoms with Crippen molar-refractivity contribution in [3.8, 4) is 0 Å². The highest BCUT2D eigenvalue weighted by Crippen LogP contribution is 2.29. The Morgan fingerprint density at radius 2 is 1.78 bits per heavy atom. The van der Waals surface area contributed by atoms with Crippen LogP contribution in [0.15, 0.2) is 42.5 Å². The van der Waals surface area contributed by atoms with Gasteiger partial charge in [-0.05, 0) is 49.8 Å². The lowest BCUT2D eigenvalue weighted by atomic mass is 10.1. The largest absolute Gasteiger partial charge is 0.339 e. The number of amides is 1. The molecule has 0 unspecified atom stereocenters. The van der Waals surface area contributed by atoms with E-state index in [-0.39, 0.29) is 10.7 Å². The molecule has 0 heterocycles. The van der Waals surface area contributed by atoms with Crippen molar-refractivity contribution in [1.29, 1.82) is 0 Å². The Bertz CT molecular complexity index is 858. The summed E-state index contributed by atoms with van der Waals surface area (Å²) in [6.45, 7) is 3.90. The van der Waals surface area contributed by atoms with Crippen LogP contribution in [0.25, 0.3) is 0 Å². The van der Waals surface area contributed by atoms with Gasteiger partial charge in [-0.25, -0.2) is 4.39 Å². The van der Waals surface area contributed by atoms with Gasteiger partial charge in [0.2, 0.25) is 3.79 Å². The van der Waals surface area contributed by atoms with Crippen LogP contribution in [0, 0.1) is 19.7 Å². The first-order valence-electron chi connectivity index (χ1n) is 7.85. The van der Waals surface area contributed by atoms with Crippen LogP contribution in [-0.2, 0) is 0 Å². The average Bonchev–Trinajstić information content (AvgIpc) is 2.56. The molecule has 2 aromatic rings. The topological polar surface area (TPSA) is 53.2 Å². The van der Waals surface area contributed by atoms with E-state index in [1.807, 2.05) is 32.0 Å². The van der Waals surface area contributed by atoms with Gasteiger partial charge in [0.15, 0.2) is 5.11 Å². The maximum absolute atomic E-state index is 13.8. The maximum atomic E-state index is 13.8. The lowest BCUT2D eigenvalue weighted by molar-refractivity contribution is 0.0930. The summed E-state index contributed by atoms with van der Waals surface area (Å²) < 4.78 is 11.9. The number of rotatable bonds is 4. The lowest BCUT2D eigenvalue weighted by Gasteiger charge is -2.28. The molecule has 0 aromatic heterocycles. The molecule has 0 bridgehead atoms. The molecule has 2 rings (SSSR count). The third kappa shape index (κ3) is 6.21. The summed E-state index contributed by atoms with van der Waals surface area (Å²) in [6.07, 6.45) is -1.19. The Morgan fingerprint density at radius 3 is 2.37 bits per heavy atom. The molecule has 0 fully saturated rings. The summed E-state index contributed by atoms with van der Waals surface area (Å²) in [5, 5.41) is 8.29. The Labute approximate surface area is 177 Å². The highest BCUT2D eigenvalue weighted by Gasteiger charge is 2.35. The van der Waals surface area contributed by atoms with E-state index in [0.717, 1.165) is 16.8 Å². The van der Waals surface area contributed by atoms with E-state index in [1.165, 1.54) is 24.3 Å². The second-order valence-corrected chi connectivity index (χ2v) is 8.62. The zero-order chi connectivity index (χ0) is 20.2. The van der Waals surface area contributed by atoms with E-state index in [0.29, 0.717) is 0 Å². The van der Waals surface area contributed by atoms with Crippen LogP contribution < -0.4 is 16.0 Å². The van der Waals surface area contributed by atoms with Gasteiger partial charge in [-0.3, -0.25) is 4.79 Å². The van der Waals surface area contributed by atoms with E-state index < -0.39 is 21.7 Å². The van der Waals surface area contributed by atoms with Gasteiger partial charge < -0.3 is 16.0 Å². The van der Waals surface area contributed by atoms with Crippen LogP contribution >= 0.6 is 47.0 Å². The third-order valence-electron chi connectivity index (χ3n) is 3.63. The number of aryl methyl sites for hydroxylation is 2. The minimum Gasteiger partial charge on any atom is -0.339 e. The molecule has 1 atom stereocenters. The Balaban J connectivity index is 2.11. The summed E-state index contributed by atoms with van der Waals surface area (Å²) >= 11 is 23.1.